The van der Waals surface area contributed by atoms with Gasteiger partial charge in [-0.3, -0.25) is 4.98 Å². The van der Waals surface area contributed by atoms with Crippen LogP contribution < -0.4 is 5.46 Å². The second-order valence-electron chi connectivity index (χ2n) is 26.6. The first-order chi connectivity index (χ1) is 43.8. The largest absolute Gasteiger partial charge is 0.494 e. The van der Waals surface area contributed by atoms with Crippen molar-refractivity contribution in [3.63, 3.8) is 0 Å². The number of aromatic amines is 3. The van der Waals surface area contributed by atoms with E-state index < -0.39 is 14.0 Å². The Kier molecular flexibility index (Phi) is 19.2. The van der Waals surface area contributed by atoms with Gasteiger partial charge in [0.2, 0.25) is 0 Å². The number of hydrogen-bond donors (Lipinski definition) is 3. The maximum Gasteiger partial charge on any atom is 0.494 e. The molecule has 13 aromatic rings. The third-order valence-electron chi connectivity index (χ3n) is 18.8. The van der Waals surface area contributed by atoms with Crippen molar-refractivity contribution in [2.45, 2.75) is 124 Å². The first-order valence-corrected chi connectivity index (χ1v) is 32.7. The molecule has 3 aliphatic heterocycles. The van der Waals surface area contributed by atoms with Gasteiger partial charge in [0.05, 0.1) is 39.3 Å². The molecule has 0 atom stereocenters. The second-order valence-corrected chi connectivity index (χ2v) is 28.3. The van der Waals surface area contributed by atoms with Crippen LogP contribution in [0.1, 0.15) is 90.5 Å². The lowest BCUT2D eigenvalue weighted by Gasteiger charge is -2.32. The Labute approximate surface area is 566 Å². The molecule has 0 amide bonds. The van der Waals surface area contributed by atoms with Gasteiger partial charge in [0.15, 0.2) is 0 Å². The lowest BCUT2D eigenvalue weighted by atomic mass is 9.49. The summed E-state index contributed by atoms with van der Waals surface area (Å²) in [6, 6.07) is 73.1. The zero-order valence-electron chi connectivity index (χ0n) is 54.2. The summed E-state index contributed by atoms with van der Waals surface area (Å²) in [5.74, 6) is 0. The smallest absolute Gasteiger partial charge is 0.405 e. The van der Waals surface area contributed by atoms with Crippen LogP contribution in [0.2, 0.25) is 5.15 Å². The normalized spacial score (nSPS) is 17.0. The van der Waals surface area contributed by atoms with Gasteiger partial charge in [-0.2, -0.15) is 0 Å². The Bertz CT molecular complexity index is 4680. The third-order valence-corrected chi connectivity index (χ3v) is 19.7. The molecule has 5 aromatic heterocycles. The summed E-state index contributed by atoms with van der Waals surface area (Å²) in [7, 11) is -1.27. The Morgan fingerprint density at radius 2 is 0.699 bits per heavy atom. The molecule has 3 fully saturated rings. The average Bonchev–Trinajstić information content (AvgIpc) is 1.62. The number of para-hydroxylation sites is 3. The molecule has 0 spiro atoms. The van der Waals surface area contributed by atoms with Crippen LogP contribution in [-0.2, 0) is 27.9 Å². The molecule has 3 aliphatic rings. The van der Waals surface area contributed by atoms with Gasteiger partial charge in [0, 0.05) is 86.9 Å². The van der Waals surface area contributed by atoms with E-state index in [-0.39, 0.29) is 48.2 Å². The van der Waals surface area contributed by atoms with Gasteiger partial charge in [-0.15, -0.1) is 0 Å². The van der Waals surface area contributed by atoms with Crippen molar-refractivity contribution in [1.29, 1.82) is 0 Å². The number of rotatable bonds is 5. The zero-order valence-corrected chi connectivity index (χ0v) is 57.1. The number of hydrogen-bond acceptors (Lipinski definition) is 8. The summed E-state index contributed by atoms with van der Waals surface area (Å²) < 4.78 is 37.4. The first-order valence-electron chi connectivity index (χ1n) is 31.3. The van der Waals surface area contributed by atoms with Crippen LogP contribution in [0.25, 0.3) is 98.9 Å². The number of nitrogens with one attached hydrogen (secondary N) is 3. The molecule has 0 aliphatic carbocycles. The minimum Gasteiger partial charge on any atom is -0.405 e. The van der Waals surface area contributed by atoms with Crippen LogP contribution in [-0.4, -0.2) is 79.7 Å². The van der Waals surface area contributed by atoms with E-state index in [1.54, 1.807) is 6.20 Å². The van der Waals surface area contributed by atoms with E-state index in [1.807, 2.05) is 116 Å². The Morgan fingerprint density at radius 3 is 1.16 bits per heavy atom. The van der Waals surface area contributed by atoms with Gasteiger partial charge < -0.3 is 42.9 Å². The third kappa shape index (κ3) is 14.1. The van der Waals surface area contributed by atoms with Crippen molar-refractivity contribution >= 4 is 126 Å². The van der Waals surface area contributed by atoms with Crippen LogP contribution in [0.4, 0.5) is 0 Å². The molecule has 0 radical (unpaired) electrons. The fourth-order valence-electron chi connectivity index (χ4n) is 11.4. The molecule has 0 unspecified atom stereocenters. The maximum atomic E-state index is 6.14. The Morgan fingerprint density at radius 1 is 0.333 bits per heavy atom. The van der Waals surface area contributed by atoms with Crippen LogP contribution in [0.5, 0.6) is 0 Å². The van der Waals surface area contributed by atoms with Gasteiger partial charge in [-0.25, -0.2) is 4.98 Å². The summed E-state index contributed by atoms with van der Waals surface area (Å²) in [4.78, 5) is 18.9. The summed E-state index contributed by atoms with van der Waals surface area (Å²) in [6.07, 6.45) is 3.59. The molecule has 472 valence electrons. The summed E-state index contributed by atoms with van der Waals surface area (Å²) >= 11 is 8.12. The van der Waals surface area contributed by atoms with E-state index >= 15 is 0 Å². The minimum atomic E-state index is -0.476. The SMILES string of the molecule is C.CC1(C)OB(B2OC(C)(C)C(C)(C)O2)OC1(C)C.CC1(C)OB(c2ccc3c(c2)[nH]c2ccccc23)OC1(C)C.Clc1cc(-c2ccccc2)ccn1.Ic1ccc2c(c1)[nH]c1ccccc12.c1ccc(-c2ccnc(-c3ccc4c(c3)[nH]c3ccccc34)c2)cc1. The van der Waals surface area contributed by atoms with E-state index in [9.17, 15) is 0 Å². The topological polar surface area (TPSA) is 129 Å². The molecular formula is C77H80B3ClIN5O6. The highest BCUT2D eigenvalue weighted by atomic mass is 127. The fraction of sp³-hybridized carbons (Fsp3) is 0.247. The number of pyridine rings is 2. The van der Waals surface area contributed by atoms with Crippen molar-refractivity contribution < 1.29 is 27.9 Å². The highest BCUT2D eigenvalue weighted by Gasteiger charge is 2.64. The van der Waals surface area contributed by atoms with Crippen molar-refractivity contribution in [3.8, 4) is 33.5 Å². The molecule has 93 heavy (non-hydrogen) atoms. The van der Waals surface area contributed by atoms with E-state index in [1.165, 1.54) is 63.6 Å². The molecule has 0 saturated carbocycles. The molecule has 16 heteroatoms. The van der Waals surface area contributed by atoms with Gasteiger partial charge in [-0.1, -0.05) is 165 Å². The van der Waals surface area contributed by atoms with E-state index in [2.05, 4.69) is 233 Å². The first kappa shape index (κ1) is 66.9. The standard InChI is InChI=1S/C23H16N2.C18H20BNO2.C12H24B2O4.C12H8IN.C11H8ClN.CH4/c1-2-6-16(7-3-1)17-12-13-24-22(14-17)18-10-11-20-19-8-4-5-9-21(19)25-23(20)15-18;1-17(2)18(3,4)22-19(21-17)12-9-10-14-13-7-5-6-8-15(13)20-16(14)11-12;1-9(2)10(3,4)16-13(15-9)14-17-11(5,6)12(7,8)18-14;13-8-5-6-10-9-3-1-2-4-11(9)14-12(10)7-8;12-11-8-10(6-7-13-11)9-4-2-1-3-5-9;/h1-15,25H;5-11,20H,1-4H3;1-8H3;1-7,14H;1-8H;1H4. The van der Waals surface area contributed by atoms with E-state index in [0.29, 0.717) is 5.15 Å². The predicted octanol–water partition coefficient (Wildman–Crippen LogP) is 19.9. The van der Waals surface area contributed by atoms with E-state index in [4.69, 9.17) is 39.5 Å². The lowest BCUT2D eigenvalue weighted by molar-refractivity contribution is 0.00578. The number of nitrogens with zero attached hydrogens (tertiary/aromatic N) is 2. The predicted molar refractivity (Wildman–Crippen MR) is 398 cm³/mol. The number of fused-ring (bicyclic) bond motifs is 9. The second kappa shape index (κ2) is 26.7. The van der Waals surface area contributed by atoms with Crippen LogP contribution >= 0.6 is 34.2 Å². The highest BCUT2D eigenvalue weighted by molar-refractivity contribution is 14.1. The van der Waals surface area contributed by atoms with Crippen molar-refractivity contribution in [2.75, 3.05) is 0 Å². The number of aromatic nitrogens is 5. The molecule has 8 aromatic carbocycles. The van der Waals surface area contributed by atoms with E-state index in [0.717, 1.165) is 44.4 Å². The zero-order chi connectivity index (χ0) is 64.8. The molecule has 3 N–H and O–H groups in total. The van der Waals surface area contributed by atoms with Gasteiger partial charge in [0.25, 0.3) is 0 Å². The van der Waals surface area contributed by atoms with Crippen LogP contribution in [0.15, 0.2) is 225 Å². The van der Waals surface area contributed by atoms with Gasteiger partial charge in [0.1, 0.15) is 5.15 Å². The lowest BCUT2D eigenvalue weighted by Crippen LogP contribution is -2.41. The number of benzene rings is 8. The van der Waals surface area contributed by atoms with Gasteiger partial charge in [-0.05, 0) is 200 Å². The highest BCUT2D eigenvalue weighted by Crippen LogP contribution is 2.44. The number of H-pyrrole nitrogens is 3. The van der Waals surface area contributed by atoms with Crippen molar-refractivity contribution in [1.82, 2.24) is 24.9 Å². The minimum absolute atomic E-state index is 0. The molecule has 8 heterocycles. The summed E-state index contributed by atoms with van der Waals surface area (Å²) in [5.41, 5.74) is 12.8. The maximum absolute atomic E-state index is 6.14. The average molecular weight is 1370 g/mol. The van der Waals surface area contributed by atoms with Crippen molar-refractivity contribution in [3.05, 3.63) is 233 Å². The Hall–Kier alpha value is -7.57. The molecule has 16 rings (SSSR count). The van der Waals surface area contributed by atoms with Crippen LogP contribution in [0.3, 0.4) is 0 Å². The molecular weight excluding hydrogens is 1290 g/mol. The Balaban J connectivity index is 0.000000121. The van der Waals surface area contributed by atoms with Crippen LogP contribution in [0, 0.1) is 3.57 Å². The number of halogens is 2. The summed E-state index contributed by atoms with van der Waals surface area (Å²) in [6.45, 7) is 24.5. The van der Waals surface area contributed by atoms with Crippen molar-refractivity contribution in [2.24, 2.45) is 0 Å². The molecule has 11 nitrogen and oxygen atoms in total. The quantitative estimate of drug-likeness (QED) is 0.0883. The molecule has 3 saturated heterocycles. The van der Waals surface area contributed by atoms with Gasteiger partial charge >= 0.3 is 21.1 Å². The summed E-state index contributed by atoms with van der Waals surface area (Å²) in [5, 5.41) is 8.13. The molecule has 0 bridgehead atoms. The monoisotopic (exact) mass is 1370 g/mol. The fourth-order valence-corrected chi connectivity index (χ4v) is 12.1.